The number of hydrogen-bond donors (Lipinski definition) is 2. The minimum absolute atomic E-state index is 0.0210. The quantitative estimate of drug-likeness (QED) is 0.298. The van der Waals surface area contributed by atoms with Crippen molar-refractivity contribution in [3.63, 3.8) is 0 Å². The topological polar surface area (TPSA) is 80.7 Å². The molecule has 0 saturated carbocycles. The molecule has 1 aromatic carbocycles. The Kier molecular flexibility index (Phi) is 10.1. The molecular weight excluding hydrogens is 524 g/mol. The van der Waals surface area contributed by atoms with Crippen molar-refractivity contribution in [2.24, 2.45) is 0 Å². The van der Waals surface area contributed by atoms with E-state index in [0.717, 1.165) is 0 Å². The highest BCUT2D eigenvalue weighted by molar-refractivity contribution is 7.06. The van der Waals surface area contributed by atoms with Crippen LogP contribution in [0, 0.1) is 5.82 Å². The number of hydrogen-bond acceptors (Lipinski definition) is 6. The number of rotatable bonds is 10. The van der Waals surface area contributed by atoms with Crippen LogP contribution < -0.4 is 5.32 Å². The zero-order valence-corrected chi connectivity index (χ0v) is 27.1. The average molecular weight is 569 g/mol. The molecule has 1 atom stereocenters. The van der Waals surface area contributed by atoms with E-state index in [1.807, 2.05) is 0 Å². The molecule has 37 heavy (non-hydrogen) atoms. The molecule has 1 amide bonds. The fourth-order valence-electron chi connectivity index (χ4n) is 2.93. The Hall–Kier alpha value is -1.44. The number of aliphatic hydroxyl groups is 1. The molecule has 2 N–H and O–H groups in total. The van der Waals surface area contributed by atoms with Gasteiger partial charge in [-0.3, -0.25) is 4.79 Å². The van der Waals surface area contributed by atoms with Crippen molar-refractivity contribution >= 4 is 34.1 Å². The Morgan fingerprint density at radius 1 is 1.03 bits per heavy atom. The number of aliphatic hydroxyl groups excluding tert-OH is 1. The van der Waals surface area contributed by atoms with Gasteiger partial charge in [-0.25, -0.2) is 4.39 Å². The smallest absolute Gasteiger partial charge is 0.254 e. The molecule has 0 spiro atoms. The highest BCUT2D eigenvalue weighted by Crippen LogP contribution is 2.38. The number of amides is 1. The first-order chi connectivity index (χ1) is 16.7. The van der Waals surface area contributed by atoms with E-state index in [1.165, 1.54) is 23.7 Å². The fourth-order valence-corrected chi connectivity index (χ4v) is 5.71. The maximum Gasteiger partial charge on any atom is 0.254 e. The van der Waals surface area contributed by atoms with Crippen LogP contribution in [0.2, 0.25) is 36.3 Å². The summed E-state index contributed by atoms with van der Waals surface area (Å²) in [6.07, 6.45) is -0.639. The van der Waals surface area contributed by atoms with Crippen LogP contribution in [-0.4, -0.2) is 51.3 Å². The molecule has 1 heterocycles. The lowest BCUT2D eigenvalue weighted by Gasteiger charge is -2.39. The maximum atomic E-state index is 15.1. The van der Waals surface area contributed by atoms with Crippen molar-refractivity contribution in [2.45, 2.75) is 96.9 Å². The summed E-state index contributed by atoms with van der Waals surface area (Å²) in [5.74, 6) is -1.13. The van der Waals surface area contributed by atoms with Gasteiger partial charge in [0, 0.05) is 5.56 Å². The molecule has 2 aromatic rings. The van der Waals surface area contributed by atoms with Crippen molar-refractivity contribution < 1.29 is 23.1 Å². The van der Waals surface area contributed by atoms with Crippen LogP contribution in [-0.2, 0) is 8.85 Å². The Morgan fingerprint density at radius 3 is 1.95 bits per heavy atom. The van der Waals surface area contributed by atoms with E-state index in [-0.39, 0.29) is 15.6 Å². The highest BCUT2D eigenvalue weighted by atomic mass is 32.1. The van der Waals surface area contributed by atoms with Gasteiger partial charge in [0.05, 0.1) is 41.5 Å². The summed E-state index contributed by atoms with van der Waals surface area (Å²) in [5, 5.41) is 12.8. The van der Waals surface area contributed by atoms with E-state index in [0.29, 0.717) is 29.3 Å². The summed E-state index contributed by atoms with van der Waals surface area (Å²) < 4.78 is 32.2. The fraction of sp³-hybridized carbons (Fsp3) is 0.630. The van der Waals surface area contributed by atoms with Gasteiger partial charge in [-0.2, -0.15) is 4.37 Å². The van der Waals surface area contributed by atoms with Gasteiger partial charge in [-0.15, -0.1) is 0 Å². The monoisotopic (exact) mass is 568 g/mol. The standard InChI is InChI=1S/C27H45FN2O4SSi2/c1-18(31)24-15-23(30-35-24)19-12-13-21(22(28)14-19)25(32)29-20(16-33-36(8,9)26(2,3)4)17-34-37(10,11)27(5,6)7/h12-15,18,20,31H,16-17H2,1-11H3,(H,29,32). The van der Waals surface area contributed by atoms with Crippen molar-refractivity contribution in [3.8, 4) is 11.3 Å². The second-order valence-corrected chi connectivity index (χ2v) is 23.3. The van der Waals surface area contributed by atoms with Crippen LogP contribution in [0.1, 0.15) is 69.8 Å². The minimum atomic E-state index is -2.06. The number of benzene rings is 1. The molecule has 1 unspecified atom stereocenters. The summed E-state index contributed by atoms with van der Waals surface area (Å²) in [6.45, 7) is 23.9. The molecule has 0 aliphatic carbocycles. The van der Waals surface area contributed by atoms with Gasteiger partial charge in [0.15, 0.2) is 16.6 Å². The third kappa shape index (κ3) is 8.27. The molecule has 2 rings (SSSR count). The first kappa shape index (κ1) is 31.8. The molecule has 0 aliphatic rings. The van der Waals surface area contributed by atoms with Gasteiger partial charge in [-0.05, 0) is 72.9 Å². The Bertz CT molecular complexity index is 1050. The first-order valence-electron chi connectivity index (χ1n) is 12.8. The maximum absolute atomic E-state index is 15.1. The van der Waals surface area contributed by atoms with Gasteiger partial charge < -0.3 is 19.3 Å². The summed E-state index contributed by atoms with van der Waals surface area (Å²) in [5.41, 5.74) is 1.07. The predicted octanol–water partition coefficient (Wildman–Crippen LogP) is 7.14. The number of nitrogens with zero attached hydrogens (tertiary/aromatic N) is 1. The van der Waals surface area contributed by atoms with E-state index in [2.05, 4.69) is 77.4 Å². The third-order valence-electron chi connectivity index (χ3n) is 7.69. The normalized spacial score (nSPS) is 14.2. The van der Waals surface area contributed by atoms with Crippen LogP contribution in [0.4, 0.5) is 4.39 Å². The first-order valence-corrected chi connectivity index (χ1v) is 19.4. The number of halogens is 1. The molecule has 0 bridgehead atoms. The lowest BCUT2D eigenvalue weighted by molar-refractivity contribution is 0.0883. The highest BCUT2D eigenvalue weighted by Gasteiger charge is 2.40. The summed E-state index contributed by atoms with van der Waals surface area (Å²) in [4.78, 5) is 13.9. The van der Waals surface area contributed by atoms with Crippen molar-refractivity contribution in [2.75, 3.05) is 13.2 Å². The van der Waals surface area contributed by atoms with Crippen LogP contribution in [0.15, 0.2) is 24.3 Å². The molecule has 6 nitrogen and oxygen atoms in total. The van der Waals surface area contributed by atoms with E-state index in [4.69, 9.17) is 8.85 Å². The largest absolute Gasteiger partial charge is 0.415 e. The van der Waals surface area contributed by atoms with Crippen LogP contribution >= 0.6 is 11.5 Å². The van der Waals surface area contributed by atoms with Crippen LogP contribution in [0.5, 0.6) is 0 Å². The third-order valence-corrected chi connectivity index (χ3v) is 17.6. The van der Waals surface area contributed by atoms with E-state index in [1.54, 1.807) is 19.1 Å². The average Bonchev–Trinajstić information content (AvgIpc) is 3.24. The predicted molar refractivity (Wildman–Crippen MR) is 156 cm³/mol. The van der Waals surface area contributed by atoms with Gasteiger partial charge in [0.1, 0.15) is 5.82 Å². The van der Waals surface area contributed by atoms with E-state index in [9.17, 15) is 9.90 Å². The molecule has 0 saturated heterocycles. The second kappa shape index (κ2) is 11.8. The Morgan fingerprint density at radius 2 is 1.54 bits per heavy atom. The van der Waals surface area contributed by atoms with Crippen LogP contribution in [0.25, 0.3) is 11.3 Å². The second-order valence-electron chi connectivity index (χ2n) is 12.8. The van der Waals surface area contributed by atoms with Crippen molar-refractivity contribution in [1.29, 1.82) is 0 Å². The lowest BCUT2D eigenvalue weighted by Crippen LogP contribution is -2.50. The van der Waals surface area contributed by atoms with Crippen molar-refractivity contribution in [3.05, 3.63) is 40.5 Å². The van der Waals surface area contributed by atoms with Gasteiger partial charge in [0.25, 0.3) is 5.91 Å². The summed E-state index contributed by atoms with van der Waals surface area (Å²) in [7, 11) is -4.13. The number of aromatic nitrogens is 1. The van der Waals surface area contributed by atoms with Gasteiger partial charge in [-0.1, -0.05) is 47.6 Å². The zero-order chi connectivity index (χ0) is 28.4. The van der Waals surface area contributed by atoms with Gasteiger partial charge in [0.2, 0.25) is 0 Å². The molecule has 1 aromatic heterocycles. The Labute approximate surface area is 228 Å². The molecule has 0 fully saturated rings. The van der Waals surface area contributed by atoms with E-state index >= 15 is 4.39 Å². The van der Waals surface area contributed by atoms with E-state index < -0.39 is 40.5 Å². The Balaban J connectivity index is 2.23. The summed E-state index contributed by atoms with van der Waals surface area (Å²) in [6, 6.07) is 5.77. The van der Waals surface area contributed by atoms with Crippen LogP contribution in [0.3, 0.4) is 0 Å². The summed E-state index contributed by atoms with van der Waals surface area (Å²) >= 11 is 1.17. The molecule has 10 heteroatoms. The molecule has 0 radical (unpaired) electrons. The number of carbonyl (C=O) groups is 1. The number of nitrogens with one attached hydrogen (secondary N) is 1. The molecular formula is C27H45FN2O4SSi2. The van der Waals surface area contributed by atoms with Crippen molar-refractivity contribution in [1.82, 2.24) is 9.69 Å². The van der Waals surface area contributed by atoms with Gasteiger partial charge >= 0.3 is 0 Å². The minimum Gasteiger partial charge on any atom is -0.415 e. The lowest BCUT2D eigenvalue weighted by atomic mass is 10.1. The number of carbonyl (C=O) groups excluding carboxylic acids is 1. The SMILES string of the molecule is CC(O)c1cc(-c2ccc(C(=O)NC(CO[Si](C)(C)C(C)(C)C)CO[Si](C)(C)C(C)(C)C)c(F)c2)ns1. The molecule has 0 aliphatic heterocycles. The molecule has 208 valence electrons. The zero-order valence-electron chi connectivity index (χ0n) is 24.3.